The fourth-order valence-electron chi connectivity index (χ4n) is 2.14. The maximum absolute atomic E-state index is 12.2. The Morgan fingerprint density at radius 3 is 2.86 bits per heavy atom. The van der Waals surface area contributed by atoms with Gasteiger partial charge in [0, 0.05) is 6.54 Å². The molecule has 0 aliphatic carbocycles. The Morgan fingerprint density at radius 1 is 1.19 bits per heavy atom. The van der Waals surface area contributed by atoms with Crippen LogP contribution >= 0.6 is 0 Å². The number of hydrogen-bond acceptors (Lipinski definition) is 3. The lowest BCUT2D eigenvalue weighted by Crippen LogP contribution is -2.23. The van der Waals surface area contributed by atoms with E-state index in [0.717, 1.165) is 22.2 Å². The molecule has 2 aromatic carbocycles. The maximum Gasteiger partial charge on any atom is 0.240 e. The molecule has 0 radical (unpaired) electrons. The maximum atomic E-state index is 12.2. The van der Waals surface area contributed by atoms with Crippen LogP contribution in [0.4, 0.5) is 0 Å². The lowest BCUT2D eigenvalue weighted by molar-refractivity contribution is 0.581. The zero-order valence-corrected chi connectivity index (χ0v) is 12.3. The number of benzene rings is 2. The normalized spacial score (nSPS) is 11.9. The summed E-state index contributed by atoms with van der Waals surface area (Å²) in [5.74, 6) is 0. The highest BCUT2D eigenvalue weighted by Crippen LogP contribution is 2.14. The van der Waals surface area contributed by atoms with Crippen molar-refractivity contribution in [3.63, 3.8) is 0 Å². The van der Waals surface area contributed by atoms with Crippen molar-refractivity contribution >= 4 is 21.1 Å². The molecule has 0 bridgehead atoms. The number of nitrogens with one attached hydrogen (secondary N) is 2. The van der Waals surface area contributed by atoms with Gasteiger partial charge in [0.2, 0.25) is 10.0 Å². The van der Waals surface area contributed by atoms with E-state index in [4.69, 9.17) is 0 Å². The number of rotatable bonds is 4. The summed E-state index contributed by atoms with van der Waals surface area (Å²) in [6.45, 7) is 2.11. The van der Waals surface area contributed by atoms with Crippen molar-refractivity contribution in [2.75, 3.05) is 0 Å². The molecule has 0 spiro atoms. The molecule has 3 aromatic rings. The van der Waals surface area contributed by atoms with Crippen molar-refractivity contribution in [1.29, 1.82) is 0 Å². The van der Waals surface area contributed by atoms with E-state index >= 15 is 0 Å². The van der Waals surface area contributed by atoms with Gasteiger partial charge in [0.05, 0.1) is 22.3 Å². The number of imidazole rings is 1. The third kappa shape index (κ3) is 2.96. The molecule has 1 aromatic heterocycles. The number of sulfonamides is 1. The first-order chi connectivity index (χ1) is 10.0. The predicted octanol–water partition coefficient (Wildman–Crippen LogP) is 2.35. The Balaban J connectivity index is 1.79. The van der Waals surface area contributed by atoms with Crippen LogP contribution in [0.2, 0.25) is 0 Å². The Kier molecular flexibility index (Phi) is 3.48. The van der Waals surface area contributed by atoms with Gasteiger partial charge in [-0.05, 0) is 42.3 Å². The minimum absolute atomic E-state index is 0.241. The van der Waals surface area contributed by atoms with Gasteiger partial charge in [-0.1, -0.05) is 18.2 Å². The number of nitrogens with zero attached hydrogens (tertiary/aromatic N) is 1. The smallest absolute Gasteiger partial charge is 0.240 e. The first-order valence-corrected chi connectivity index (χ1v) is 8.01. The van der Waals surface area contributed by atoms with Gasteiger partial charge in [-0.2, -0.15) is 0 Å². The van der Waals surface area contributed by atoms with Crippen LogP contribution in [0.5, 0.6) is 0 Å². The lowest BCUT2D eigenvalue weighted by Gasteiger charge is -2.07. The molecule has 5 nitrogen and oxygen atoms in total. The molecule has 0 aliphatic rings. The average Bonchev–Trinajstić information content (AvgIpc) is 2.93. The van der Waals surface area contributed by atoms with Crippen LogP contribution < -0.4 is 4.72 Å². The van der Waals surface area contributed by atoms with E-state index in [0.29, 0.717) is 0 Å². The molecule has 0 fully saturated rings. The molecule has 0 unspecified atom stereocenters. The second-order valence-corrected chi connectivity index (χ2v) is 6.66. The van der Waals surface area contributed by atoms with Crippen LogP contribution in [0.15, 0.2) is 53.7 Å². The first-order valence-electron chi connectivity index (χ1n) is 6.53. The van der Waals surface area contributed by atoms with E-state index in [2.05, 4.69) is 14.7 Å². The average molecular weight is 301 g/mol. The van der Waals surface area contributed by atoms with Gasteiger partial charge in [0.1, 0.15) is 0 Å². The van der Waals surface area contributed by atoms with Crippen molar-refractivity contribution in [1.82, 2.24) is 14.7 Å². The molecule has 0 saturated carbocycles. The van der Waals surface area contributed by atoms with Gasteiger partial charge < -0.3 is 4.98 Å². The minimum Gasteiger partial charge on any atom is -0.345 e. The monoisotopic (exact) mass is 301 g/mol. The molecule has 0 amide bonds. The summed E-state index contributed by atoms with van der Waals surface area (Å²) in [4.78, 5) is 7.42. The van der Waals surface area contributed by atoms with Crippen LogP contribution in [0.25, 0.3) is 11.0 Å². The summed E-state index contributed by atoms with van der Waals surface area (Å²) in [5, 5.41) is 0. The van der Waals surface area contributed by atoms with Crippen LogP contribution in [0, 0.1) is 6.92 Å². The lowest BCUT2D eigenvalue weighted by atomic mass is 10.2. The van der Waals surface area contributed by atoms with Crippen LogP contribution in [-0.2, 0) is 16.6 Å². The second kappa shape index (κ2) is 5.31. The van der Waals surface area contributed by atoms with Gasteiger partial charge in [-0.25, -0.2) is 18.1 Å². The van der Waals surface area contributed by atoms with Crippen LogP contribution in [0.1, 0.15) is 11.1 Å². The van der Waals surface area contributed by atoms with Crippen molar-refractivity contribution in [2.24, 2.45) is 0 Å². The molecular formula is C15H15N3O2S. The standard InChI is InChI=1S/C15H15N3O2S/c1-11-3-2-4-13(7-11)21(19,20)18-9-12-5-6-14-15(8-12)17-10-16-14/h2-8,10,18H,9H2,1H3,(H,16,17). The first kappa shape index (κ1) is 13.8. The highest BCUT2D eigenvalue weighted by Gasteiger charge is 2.13. The van der Waals surface area contributed by atoms with E-state index < -0.39 is 10.0 Å². The molecule has 108 valence electrons. The summed E-state index contributed by atoms with van der Waals surface area (Å²) in [5.41, 5.74) is 3.54. The number of H-pyrrole nitrogens is 1. The Labute approximate surface area is 123 Å². The van der Waals surface area contributed by atoms with Gasteiger partial charge in [0.15, 0.2) is 0 Å². The number of aryl methyl sites for hydroxylation is 1. The quantitative estimate of drug-likeness (QED) is 0.776. The molecule has 2 N–H and O–H groups in total. The van der Waals surface area contributed by atoms with Crippen LogP contribution in [0.3, 0.4) is 0 Å². The molecule has 0 aliphatic heterocycles. The summed E-state index contributed by atoms with van der Waals surface area (Å²) in [6, 6.07) is 12.5. The van der Waals surface area contributed by atoms with Crippen molar-refractivity contribution < 1.29 is 8.42 Å². The Bertz CT molecular complexity index is 885. The van der Waals surface area contributed by atoms with Crippen LogP contribution in [-0.4, -0.2) is 18.4 Å². The predicted molar refractivity (Wildman–Crippen MR) is 81.3 cm³/mol. The molecule has 0 atom stereocenters. The van der Waals surface area contributed by atoms with E-state index in [1.165, 1.54) is 0 Å². The molecule has 21 heavy (non-hydrogen) atoms. The molecular weight excluding hydrogens is 286 g/mol. The Morgan fingerprint density at radius 2 is 2.05 bits per heavy atom. The van der Waals surface area contributed by atoms with Crippen molar-refractivity contribution in [3.05, 3.63) is 59.9 Å². The topological polar surface area (TPSA) is 74.8 Å². The minimum atomic E-state index is -3.50. The molecule has 1 heterocycles. The van der Waals surface area contributed by atoms with Gasteiger partial charge >= 0.3 is 0 Å². The van der Waals surface area contributed by atoms with Gasteiger partial charge in [0.25, 0.3) is 0 Å². The summed E-state index contributed by atoms with van der Waals surface area (Å²) in [6.07, 6.45) is 1.62. The SMILES string of the molecule is Cc1cccc(S(=O)(=O)NCc2ccc3nc[nH]c3c2)c1. The number of aromatic amines is 1. The highest BCUT2D eigenvalue weighted by atomic mass is 32.2. The van der Waals surface area contributed by atoms with Gasteiger partial charge in [-0.3, -0.25) is 0 Å². The summed E-state index contributed by atoms with van der Waals surface area (Å²) in [7, 11) is -3.50. The second-order valence-electron chi connectivity index (χ2n) is 4.90. The Hall–Kier alpha value is -2.18. The third-order valence-electron chi connectivity index (χ3n) is 3.25. The molecule has 6 heteroatoms. The van der Waals surface area contributed by atoms with Crippen molar-refractivity contribution in [2.45, 2.75) is 18.4 Å². The fourth-order valence-corrected chi connectivity index (χ4v) is 3.26. The van der Waals surface area contributed by atoms with E-state index in [-0.39, 0.29) is 11.4 Å². The zero-order valence-electron chi connectivity index (χ0n) is 11.5. The van der Waals surface area contributed by atoms with E-state index in [1.807, 2.05) is 31.2 Å². The largest absolute Gasteiger partial charge is 0.345 e. The zero-order chi connectivity index (χ0) is 14.9. The number of hydrogen-bond donors (Lipinski definition) is 2. The van der Waals surface area contributed by atoms with E-state index in [9.17, 15) is 8.42 Å². The summed E-state index contributed by atoms with van der Waals surface area (Å²) < 4.78 is 27.1. The fraction of sp³-hybridized carbons (Fsp3) is 0.133. The van der Waals surface area contributed by atoms with E-state index in [1.54, 1.807) is 24.5 Å². The third-order valence-corrected chi connectivity index (χ3v) is 4.65. The number of aromatic nitrogens is 2. The highest BCUT2D eigenvalue weighted by molar-refractivity contribution is 7.89. The summed E-state index contributed by atoms with van der Waals surface area (Å²) >= 11 is 0. The molecule has 3 rings (SSSR count). The molecule has 0 saturated heterocycles. The van der Waals surface area contributed by atoms with Crippen molar-refractivity contribution in [3.8, 4) is 0 Å². The number of fused-ring (bicyclic) bond motifs is 1. The van der Waals surface area contributed by atoms with Gasteiger partial charge in [-0.15, -0.1) is 0 Å².